The molecule has 1 aromatic carbocycles. The third-order valence-corrected chi connectivity index (χ3v) is 3.26. The average molecular weight is 206 g/mol. The average Bonchev–Trinajstić information content (AvgIpc) is 2.07. The monoisotopic (exact) mass is 206 g/mol. The van der Waals surface area contributed by atoms with Gasteiger partial charge in [-0.05, 0) is 36.5 Å². The van der Waals surface area contributed by atoms with Crippen molar-refractivity contribution in [3.05, 3.63) is 23.8 Å². The van der Waals surface area contributed by atoms with Gasteiger partial charge in [-0.1, -0.05) is 25.7 Å². The molecule has 1 aliphatic rings. The SMILES string of the molecule is Oc1cc(O)cc(CCCC2CCC2)c1. The molecular weight excluding hydrogens is 188 g/mol. The summed E-state index contributed by atoms with van der Waals surface area (Å²) >= 11 is 0. The predicted molar refractivity (Wildman–Crippen MR) is 60.1 cm³/mol. The van der Waals surface area contributed by atoms with Crippen molar-refractivity contribution < 1.29 is 10.2 Å². The molecule has 0 amide bonds. The zero-order chi connectivity index (χ0) is 10.7. The van der Waals surface area contributed by atoms with Gasteiger partial charge in [0.1, 0.15) is 11.5 Å². The van der Waals surface area contributed by atoms with Gasteiger partial charge in [0.2, 0.25) is 0 Å². The maximum Gasteiger partial charge on any atom is 0.119 e. The van der Waals surface area contributed by atoms with Crippen LogP contribution in [0.2, 0.25) is 0 Å². The highest BCUT2D eigenvalue weighted by Crippen LogP contribution is 2.31. The van der Waals surface area contributed by atoms with E-state index in [-0.39, 0.29) is 11.5 Å². The van der Waals surface area contributed by atoms with Gasteiger partial charge >= 0.3 is 0 Å². The summed E-state index contributed by atoms with van der Waals surface area (Å²) in [5.41, 5.74) is 1.03. The molecule has 2 N–H and O–H groups in total. The standard InChI is InChI=1S/C13H18O2/c14-12-7-11(8-13(15)9-12)6-2-5-10-3-1-4-10/h7-10,14-15H,1-6H2. The van der Waals surface area contributed by atoms with Crippen LogP contribution < -0.4 is 0 Å². The first-order valence-electron chi connectivity index (χ1n) is 5.76. The van der Waals surface area contributed by atoms with E-state index in [1.807, 2.05) is 0 Å². The molecule has 0 spiro atoms. The lowest BCUT2D eigenvalue weighted by molar-refractivity contribution is 0.290. The third-order valence-electron chi connectivity index (χ3n) is 3.26. The Morgan fingerprint density at radius 1 is 1.07 bits per heavy atom. The fraction of sp³-hybridized carbons (Fsp3) is 0.538. The van der Waals surface area contributed by atoms with E-state index in [0.717, 1.165) is 24.3 Å². The van der Waals surface area contributed by atoms with E-state index in [0.29, 0.717) is 0 Å². The Bertz CT molecular complexity index is 309. The molecule has 15 heavy (non-hydrogen) atoms. The topological polar surface area (TPSA) is 40.5 Å². The van der Waals surface area contributed by atoms with Crippen LogP contribution in [0.5, 0.6) is 11.5 Å². The Morgan fingerprint density at radius 3 is 2.27 bits per heavy atom. The lowest BCUT2D eigenvalue weighted by atomic mass is 9.81. The normalized spacial score (nSPS) is 16.3. The Labute approximate surface area is 90.6 Å². The lowest BCUT2D eigenvalue weighted by Crippen LogP contribution is -2.10. The zero-order valence-electron chi connectivity index (χ0n) is 8.95. The smallest absolute Gasteiger partial charge is 0.119 e. The van der Waals surface area contributed by atoms with Crippen LogP contribution in [0.4, 0.5) is 0 Å². The lowest BCUT2D eigenvalue weighted by Gasteiger charge is -2.25. The molecule has 0 saturated heterocycles. The summed E-state index contributed by atoms with van der Waals surface area (Å²) in [4.78, 5) is 0. The van der Waals surface area contributed by atoms with E-state index in [2.05, 4.69) is 0 Å². The number of aromatic hydroxyl groups is 2. The number of phenols is 2. The van der Waals surface area contributed by atoms with Crippen LogP contribution in [-0.4, -0.2) is 10.2 Å². The summed E-state index contributed by atoms with van der Waals surface area (Å²) in [6, 6.07) is 4.84. The second-order valence-corrected chi connectivity index (χ2v) is 4.55. The largest absolute Gasteiger partial charge is 0.508 e. The van der Waals surface area contributed by atoms with Gasteiger partial charge in [0.05, 0.1) is 0 Å². The summed E-state index contributed by atoms with van der Waals surface area (Å²) in [6.07, 6.45) is 7.59. The minimum absolute atomic E-state index is 0.161. The van der Waals surface area contributed by atoms with E-state index in [1.165, 1.54) is 31.7 Å². The van der Waals surface area contributed by atoms with Gasteiger partial charge in [-0.3, -0.25) is 0 Å². The first-order valence-corrected chi connectivity index (χ1v) is 5.76. The maximum atomic E-state index is 9.30. The molecule has 0 radical (unpaired) electrons. The summed E-state index contributed by atoms with van der Waals surface area (Å²) in [6.45, 7) is 0. The number of benzene rings is 1. The quantitative estimate of drug-likeness (QED) is 0.794. The number of rotatable bonds is 4. The molecule has 82 valence electrons. The molecule has 0 unspecified atom stereocenters. The Hall–Kier alpha value is -1.18. The molecule has 1 aliphatic carbocycles. The van der Waals surface area contributed by atoms with Gasteiger partial charge in [0.25, 0.3) is 0 Å². The van der Waals surface area contributed by atoms with Gasteiger partial charge in [0.15, 0.2) is 0 Å². The zero-order valence-corrected chi connectivity index (χ0v) is 8.95. The number of aryl methyl sites for hydroxylation is 1. The summed E-state index contributed by atoms with van der Waals surface area (Å²) < 4.78 is 0. The maximum absolute atomic E-state index is 9.30. The van der Waals surface area contributed by atoms with E-state index in [1.54, 1.807) is 12.1 Å². The van der Waals surface area contributed by atoms with Crippen molar-refractivity contribution in [1.82, 2.24) is 0 Å². The molecule has 2 heteroatoms. The molecule has 2 rings (SSSR count). The van der Waals surface area contributed by atoms with Crippen molar-refractivity contribution >= 4 is 0 Å². The van der Waals surface area contributed by atoms with Crippen molar-refractivity contribution in [3.63, 3.8) is 0 Å². The third kappa shape index (κ3) is 2.88. The van der Waals surface area contributed by atoms with Crippen LogP contribution in [0.25, 0.3) is 0 Å². The van der Waals surface area contributed by atoms with Crippen molar-refractivity contribution in [1.29, 1.82) is 0 Å². The van der Waals surface area contributed by atoms with Crippen LogP contribution in [0.15, 0.2) is 18.2 Å². The molecule has 0 atom stereocenters. The van der Waals surface area contributed by atoms with E-state index in [9.17, 15) is 10.2 Å². The van der Waals surface area contributed by atoms with Crippen LogP contribution in [0, 0.1) is 5.92 Å². The molecule has 0 bridgehead atoms. The van der Waals surface area contributed by atoms with Crippen molar-refractivity contribution in [2.45, 2.75) is 38.5 Å². The fourth-order valence-corrected chi connectivity index (χ4v) is 2.18. The van der Waals surface area contributed by atoms with Gasteiger partial charge in [-0.15, -0.1) is 0 Å². The van der Waals surface area contributed by atoms with Crippen molar-refractivity contribution in [2.75, 3.05) is 0 Å². The Balaban J connectivity index is 1.81. The van der Waals surface area contributed by atoms with E-state index in [4.69, 9.17) is 0 Å². The highest BCUT2D eigenvalue weighted by Gasteiger charge is 2.16. The second kappa shape index (κ2) is 4.56. The first kappa shape index (κ1) is 10.3. The molecule has 1 aromatic rings. The predicted octanol–water partition coefficient (Wildman–Crippen LogP) is 3.22. The summed E-state index contributed by atoms with van der Waals surface area (Å²) in [5, 5.41) is 18.6. The van der Waals surface area contributed by atoms with Gasteiger partial charge in [0, 0.05) is 6.07 Å². The van der Waals surface area contributed by atoms with Gasteiger partial charge in [-0.2, -0.15) is 0 Å². The molecule has 0 heterocycles. The van der Waals surface area contributed by atoms with Gasteiger partial charge in [-0.25, -0.2) is 0 Å². The Kier molecular flexibility index (Phi) is 3.14. The van der Waals surface area contributed by atoms with Crippen molar-refractivity contribution in [2.24, 2.45) is 5.92 Å². The summed E-state index contributed by atoms with van der Waals surface area (Å²) in [5.74, 6) is 1.26. The minimum atomic E-state index is 0.161. The van der Waals surface area contributed by atoms with Crippen LogP contribution in [0.3, 0.4) is 0 Å². The van der Waals surface area contributed by atoms with Crippen LogP contribution in [-0.2, 0) is 6.42 Å². The molecular formula is C13H18O2. The number of hydrogen-bond acceptors (Lipinski definition) is 2. The minimum Gasteiger partial charge on any atom is -0.508 e. The molecule has 1 fully saturated rings. The second-order valence-electron chi connectivity index (χ2n) is 4.55. The summed E-state index contributed by atoms with van der Waals surface area (Å²) in [7, 11) is 0. The van der Waals surface area contributed by atoms with Crippen LogP contribution >= 0.6 is 0 Å². The number of hydrogen-bond donors (Lipinski definition) is 2. The molecule has 2 nitrogen and oxygen atoms in total. The number of phenolic OH excluding ortho intramolecular Hbond substituents is 2. The van der Waals surface area contributed by atoms with Crippen LogP contribution in [0.1, 0.15) is 37.7 Å². The van der Waals surface area contributed by atoms with E-state index < -0.39 is 0 Å². The Morgan fingerprint density at radius 2 is 1.73 bits per heavy atom. The van der Waals surface area contributed by atoms with E-state index >= 15 is 0 Å². The highest BCUT2D eigenvalue weighted by molar-refractivity contribution is 5.36. The van der Waals surface area contributed by atoms with Gasteiger partial charge < -0.3 is 10.2 Å². The first-order chi connectivity index (χ1) is 7.24. The molecule has 0 aromatic heterocycles. The fourth-order valence-electron chi connectivity index (χ4n) is 2.18. The molecule has 1 saturated carbocycles. The molecule has 0 aliphatic heterocycles. The highest BCUT2D eigenvalue weighted by atomic mass is 16.3. The van der Waals surface area contributed by atoms with Crippen molar-refractivity contribution in [3.8, 4) is 11.5 Å².